The number of hydrogen-bond acceptors (Lipinski definition) is 6. The van der Waals surface area contributed by atoms with Crippen molar-refractivity contribution in [3.8, 4) is 5.75 Å². The topological polar surface area (TPSA) is 104 Å². The van der Waals surface area contributed by atoms with E-state index in [4.69, 9.17) is 4.74 Å². The first-order valence-corrected chi connectivity index (χ1v) is 10.4. The van der Waals surface area contributed by atoms with E-state index in [1.807, 2.05) is 30.1 Å². The number of hydrogen-bond donors (Lipinski definition) is 2. The van der Waals surface area contributed by atoms with Crippen molar-refractivity contribution in [2.45, 2.75) is 25.4 Å². The third kappa shape index (κ3) is 4.53. The molecule has 1 aromatic carbocycles. The summed E-state index contributed by atoms with van der Waals surface area (Å²) >= 11 is 0. The molecule has 1 saturated heterocycles. The summed E-state index contributed by atoms with van der Waals surface area (Å²) in [7, 11) is 0.568. The predicted octanol–water partition coefficient (Wildman–Crippen LogP) is 0.697. The molecule has 1 aliphatic heterocycles. The van der Waals surface area contributed by atoms with E-state index < -0.39 is 9.84 Å². The molecule has 1 aliphatic rings. The highest BCUT2D eigenvalue weighted by Gasteiger charge is 2.30. The number of aromatic nitrogens is 2. The largest absolute Gasteiger partial charge is 0.497 e. The van der Waals surface area contributed by atoms with Crippen molar-refractivity contribution in [3.05, 3.63) is 24.0 Å². The van der Waals surface area contributed by atoms with Crippen LogP contribution in [-0.2, 0) is 21.2 Å². The lowest BCUT2D eigenvalue weighted by Crippen LogP contribution is -2.36. The normalized spacial score (nSPS) is 19.1. The number of nitrogens with zero attached hydrogens (tertiary/aromatic N) is 2. The highest BCUT2D eigenvalue weighted by molar-refractivity contribution is 7.91. The molecule has 26 heavy (non-hydrogen) atoms. The summed E-state index contributed by atoms with van der Waals surface area (Å²) < 4.78 is 28.2. The van der Waals surface area contributed by atoms with Gasteiger partial charge in [0.2, 0.25) is 5.91 Å². The Kier molecular flexibility index (Phi) is 5.47. The molecule has 8 nitrogen and oxygen atoms in total. The van der Waals surface area contributed by atoms with Crippen LogP contribution in [0, 0.1) is 0 Å². The number of carbonyl (C=O) groups excluding carboxylic acids is 1. The lowest BCUT2D eigenvalue weighted by molar-refractivity contribution is -0.121. The summed E-state index contributed by atoms with van der Waals surface area (Å²) in [4.78, 5) is 21.6. The van der Waals surface area contributed by atoms with Crippen molar-refractivity contribution in [1.29, 1.82) is 0 Å². The van der Waals surface area contributed by atoms with Crippen LogP contribution in [0.1, 0.15) is 18.7 Å². The summed E-state index contributed by atoms with van der Waals surface area (Å²) in [6, 6.07) is 5.57. The van der Waals surface area contributed by atoms with Crippen molar-refractivity contribution in [3.63, 3.8) is 0 Å². The van der Waals surface area contributed by atoms with Crippen LogP contribution >= 0.6 is 0 Å². The van der Waals surface area contributed by atoms with E-state index >= 15 is 0 Å². The first-order valence-electron chi connectivity index (χ1n) is 8.56. The first-order chi connectivity index (χ1) is 12.4. The van der Waals surface area contributed by atoms with Gasteiger partial charge in [-0.05, 0) is 25.6 Å². The van der Waals surface area contributed by atoms with Gasteiger partial charge in [-0.1, -0.05) is 0 Å². The highest BCUT2D eigenvalue weighted by atomic mass is 32.2. The number of nitrogens with one attached hydrogen (secondary N) is 2. The van der Waals surface area contributed by atoms with E-state index in [0.717, 1.165) is 16.8 Å². The minimum Gasteiger partial charge on any atom is -0.497 e. The Morgan fingerprint density at radius 3 is 2.96 bits per heavy atom. The van der Waals surface area contributed by atoms with Gasteiger partial charge in [0.05, 0.1) is 36.2 Å². The van der Waals surface area contributed by atoms with Gasteiger partial charge in [-0.3, -0.25) is 4.79 Å². The lowest BCUT2D eigenvalue weighted by Gasteiger charge is -2.22. The number of carbonyl (C=O) groups is 1. The number of ether oxygens (including phenoxy) is 1. The molecule has 2 heterocycles. The molecule has 1 amide bonds. The molecule has 1 aromatic heterocycles. The molecule has 1 unspecified atom stereocenters. The van der Waals surface area contributed by atoms with Gasteiger partial charge in [0, 0.05) is 25.1 Å². The third-order valence-electron chi connectivity index (χ3n) is 4.71. The van der Waals surface area contributed by atoms with Crippen LogP contribution in [0.2, 0.25) is 0 Å². The molecule has 9 heteroatoms. The molecule has 0 bridgehead atoms. The van der Waals surface area contributed by atoms with Gasteiger partial charge in [-0.2, -0.15) is 0 Å². The molecular formula is C17H24N4O4S. The Morgan fingerprint density at radius 2 is 2.27 bits per heavy atom. The molecule has 3 rings (SSSR count). The van der Waals surface area contributed by atoms with Crippen molar-refractivity contribution in [1.82, 2.24) is 20.2 Å². The van der Waals surface area contributed by atoms with E-state index in [1.165, 1.54) is 0 Å². The first kappa shape index (κ1) is 18.7. The van der Waals surface area contributed by atoms with Gasteiger partial charge in [-0.15, -0.1) is 0 Å². The third-order valence-corrected chi connectivity index (χ3v) is 6.46. The Labute approximate surface area is 152 Å². The van der Waals surface area contributed by atoms with Gasteiger partial charge in [-0.25, -0.2) is 13.4 Å². The van der Waals surface area contributed by atoms with Crippen LogP contribution < -0.4 is 10.1 Å². The van der Waals surface area contributed by atoms with E-state index in [0.29, 0.717) is 31.8 Å². The molecular weight excluding hydrogens is 356 g/mol. The van der Waals surface area contributed by atoms with Gasteiger partial charge < -0.3 is 19.9 Å². The maximum Gasteiger partial charge on any atom is 0.221 e. The van der Waals surface area contributed by atoms with Crippen LogP contribution in [0.4, 0.5) is 0 Å². The monoisotopic (exact) mass is 380 g/mol. The number of amides is 1. The summed E-state index contributed by atoms with van der Waals surface area (Å²) in [6.45, 7) is 0.848. The van der Waals surface area contributed by atoms with Gasteiger partial charge in [0.1, 0.15) is 11.6 Å². The fraction of sp³-hybridized carbons (Fsp3) is 0.529. The average Bonchev–Trinajstić information content (AvgIpc) is 3.19. The van der Waals surface area contributed by atoms with Gasteiger partial charge in [0.25, 0.3) is 0 Å². The van der Waals surface area contributed by atoms with Crippen LogP contribution in [0.3, 0.4) is 0 Å². The second kappa shape index (κ2) is 7.63. The molecule has 1 atom stereocenters. The fourth-order valence-electron chi connectivity index (χ4n) is 3.11. The number of sulfone groups is 1. The molecule has 2 aromatic rings. The summed E-state index contributed by atoms with van der Waals surface area (Å²) in [5, 5.41) is 2.84. The number of fused-ring (bicyclic) bond motifs is 1. The van der Waals surface area contributed by atoms with Crippen LogP contribution in [-0.4, -0.2) is 67.4 Å². The molecule has 1 fully saturated rings. The summed E-state index contributed by atoms with van der Waals surface area (Å²) in [5.41, 5.74) is 1.67. The molecule has 0 radical (unpaired) electrons. The minimum atomic E-state index is -2.91. The van der Waals surface area contributed by atoms with E-state index in [9.17, 15) is 13.2 Å². The Balaban J connectivity index is 1.47. The summed E-state index contributed by atoms with van der Waals surface area (Å²) in [6.07, 6.45) is 0.962. The highest BCUT2D eigenvalue weighted by Crippen LogP contribution is 2.19. The number of H-pyrrole nitrogens is 1. The van der Waals surface area contributed by atoms with Crippen LogP contribution in [0.25, 0.3) is 11.0 Å². The lowest BCUT2D eigenvalue weighted by atomic mass is 10.2. The van der Waals surface area contributed by atoms with Crippen LogP contribution in [0.5, 0.6) is 5.75 Å². The van der Waals surface area contributed by atoms with Crippen molar-refractivity contribution in [2.24, 2.45) is 0 Å². The van der Waals surface area contributed by atoms with Crippen molar-refractivity contribution < 1.29 is 17.9 Å². The van der Waals surface area contributed by atoms with E-state index in [2.05, 4.69) is 15.3 Å². The number of imidazole rings is 1. The summed E-state index contributed by atoms with van der Waals surface area (Å²) in [5.74, 6) is 1.76. The van der Waals surface area contributed by atoms with Crippen molar-refractivity contribution in [2.75, 3.05) is 32.2 Å². The van der Waals surface area contributed by atoms with E-state index in [-0.39, 0.29) is 23.5 Å². The average molecular weight is 380 g/mol. The maximum atomic E-state index is 12.1. The smallest absolute Gasteiger partial charge is 0.221 e. The van der Waals surface area contributed by atoms with Crippen LogP contribution in [0.15, 0.2) is 18.2 Å². The van der Waals surface area contributed by atoms with E-state index in [1.54, 1.807) is 7.11 Å². The Morgan fingerprint density at radius 1 is 1.46 bits per heavy atom. The SMILES string of the molecule is COc1ccc2nc(CNC(=O)CCN(C)C3CCS(=O)(=O)C3)[nH]c2c1. The molecule has 142 valence electrons. The second-order valence-electron chi connectivity index (χ2n) is 6.63. The number of benzene rings is 1. The zero-order chi connectivity index (χ0) is 18.7. The van der Waals surface area contributed by atoms with Crippen molar-refractivity contribution >= 4 is 26.8 Å². The number of aromatic amines is 1. The quantitative estimate of drug-likeness (QED) is 0.733. The molecule has 0 aliphatic carbocycles. The van der Waals surface area contributed by atoms with Gasteiger partial charge >= 0.3 is 0 Å². The predicted molar refractivity (Wildman–Crippen MR) is 98.8 cm³/mol. The second-order valence-corrected chi connectivity index (χ2v) is 8.86. The maximum absolute atomic E-state index is 12.1. The number of methoxy groups -OCH3 is 1. The minimum absolute atomic E-state index is 0.0122. The number of rotatable bonds is 7. The molecule has 2 N–H and O–H groups in total. The zero-order valence-corrected chi connectivity index (χ0v) is 15.8. The fourth-order valence-corrected chi connectivity index (χ4v) is 4.91. The zero-order valence-electron chi connectivity index (χ0n) is 15.0. The Bertz CT molecular complexity index is 893. The van der Waals surface area contributed by atoms with Gasteiger partial charge in [0.15, 0.2) is 9.84 Å². The Hall–Kier alpha value is -2.13. The standard InChI is InChI=1S/C17H24N4O4S/c1-21(12-6-8-26(23,24)11-12)7-5-17(22)18-10-16-19-14-4-3-13(25-2)9-15(14)20-16/h3-4,9,12H,5-8,10-11H2,1-2H3,(H,18,22)(H,19,20). The molecule has 0 spiro atoms. The molecule has 0 saturated carbocycles.